The van der Waals surface area contributed by atoms with E-state index in [1.54, 1.807) is 24.3 Å². The van der Waals surface area contributed by atoms with Crippen molar-refractivity contribution in [1.29, 1.82) is 0 Å². The first-order valence-electron chi connectivity index (χ1n) is 9.60. The molecule has 2 aromatic rings. The summed E-state index contributed by atoms with van der Waals surface area (Å²) >= 11 is 0. The molecular weight excluding hydrogens is 380 g/mol. The van der Waals surface area contributed by atoms with E-state index in [1.165, 1.54) is 4.31 Å². The number of sulfonamides is 1. The van der Waals surface area contributed by atoms with Crippen LogP contribution in [0.25, 0.3) is 0 Å². The molecule has 1 saturated carbocycles. The van der Waals surface area contributed by atoms with E-state index in [-0.39, 0.29) is 23.6 Å². The van der Waals surface area contributed by atoms with Gasteiger partial charge in [0.25, 0.3) is 5.91 Å². The Kier molecular flexibility index (Phi) is 4.86. The molecule has 1 unspecified atom stereocenters. The predicted molar refractivity (Wildman–Crippen MR) is 104 cm³/mol. The lowest BCUT2D eigenvalue weighted by molar-refractivity contribution is 0.0914. The van der Waals surface area contributed by atoms with E-state index in [1.807, 2.05) is 13.8 Å². The molecule has 1 aromatic heterocycles. The molecule has 9 heteroatoms. The van der Waals surface area contributed by atoms with Crippen molar-refractivity contribution in [2.24, 2.45) is 5.92 Å². The summed E-state index contributed by atoms with van der Waals surface area (Å²) in [6, 6.07) is 6.23. The van der Waals surface area contributed by atoms with Gasteiger partial charge in [-0.3, -0.25) is 9.10 Å². The van der Waals surface area contributed by atoms with Gasteiger partial charge in [-0.2, -0.15) is 4.98 Å². The van der Waals surface area contributed by atoms with Gasteiger partial charge in [-0.25, -0.2) is 8.42 Å². The second kappa shape index (κ2) is 7.20. The minimum Gasteiger partial charge on any atom is -0.340 e. The zero-order valence-corrected chi connectivity index (χ0v) is 16.8. The number of aromatic nitrogens is 2. The van der Waals surface area contributed by atoms with Crippen LogP contribution in [-0.2, 0) is 10.0 Å². The molecule has 2 aliphatic rings. The van der Waals surface area contributed by atoms with Crippen molar-refractivity contribution in [2.75, 3.05) is 16.6 Å². The van der Waals surface area contributed by atoms with Crippen molar-refractivity contribution in [3.05, 3.63) is 41.5 Å². The van der Waals surface area contributed by atoms with Gasteiger partial charge < -0.3 is 9.84 Å². The van der Waals surface area contributed by atoms with Crippen LogP contribution in [-0.4, -0.2) is 36.8 Å². The van der Waals surface area contributed by atoms with Crippen LogP contribution in [0.5, 0.6) is 0 Å². The summed E-state index contributed by atoms with van der Waals surface area (Å²) in [5.41, 5.74) is 1.04. The SMILES string of the molecule is CC(C)C(NC(=O)c1ccc(N2CCCS2(=O)=O)cc1)c1nc(C2CC2)no1. The van der Waals surface area contributed by atoms with E-state index >= 15 is 0 Å². The number of hydrogen-bond donors (Lipinski definition) is 1. The van der Waals surface area contributed by atoms with E-state index in [2.05, 4.69) is 15.5 Å². The van der Waals surface area contributed by atoms with Gasteiger partial charge in [-0.05, 0) is 49.4 Å². The van der Waals surface area contributed by atoms with E-state index in [0.29, 0.717) is 41.8 Å². The number of carbonyl (C=O) groups excluding carboxylic acids is 1. The van der Waals surface area contributed by atoms with Crippen LogP contribution in [0.2, 0.25) is 0 Å². The highest BCUT2D eigenvalue weighted by Gasteiger charge is 2.32. The Morgan fingerprint density at radius 2 is 1.96 bits per heavy atom. The van der Waals surface area contributed by atoms with E-state index < -0.39 is 10.0 Å². The third kappa shape index (κ3) is 3.76. The second-order valence-electron chi connectivity index (χ2n) is 7.75. The molecular formula is C19H24N4O4S. The van der Waals surface area contributed by atoms with Crippen molar-refractivity contribution < 1.29 is 17.7 Å². The highest BCUT2D eigenvalue weighted by Crippen LogP contribution is 2.38. The van der Waals surface area contributed by atoms with Gasteiger partial charge in [0.15, 0.2) is 5.82 Å². The van der Waals surface area contributed by atoms with Crippen LogP contribution in [0, 0.1) is 5.92 Å². The first-order chi connectivity index (χ1) is 13.3. The van der Waals surface area contributed by atoms with E-state index in [0.717, 1.165) is 12.8 Å². The molecule has 8 nitrogen and oxygen atoms in total. The molecule has 1 saturated heterocycles. The fourth-order valence-corrected chi connectivity index (χ4v) is 4.89. The number of amides is 1. The van der Waals surface area contributed by atoms with Crippen molar-refractivity contribution >= 4 is 21.6 Å². The highest BCUT2D eigenvalue weighted by molar-refractivity contribution is 7.93. The van der Waals surface area contributed by atoms with Gasteiger partial charge in [-0.1, -0.05) is 19.0 Å². The maximum atomic E-state index is 12.7. The molecule has 0 radical (unpaired) electrons. The Morgan fingerprint density at radius 1 is 1.25 bits per heavy atom. The first-order valence-corrected chi connectivity index (χ1v) is 11.2. The fraction of sp³-hybridized carbons (Fsp3) is 0.526. The van der Waals surface area contributed by atoms with Gasteiger partial charge in [0, 0.05) is 18.0 Å². The lowest BCUT2D eigenvalue weighted by Crippen LogP contribution is -2.32. The lowest BCUT2D eigenvalue weighted by atomic mass is 10.0. The zero-order valence-electron chi connectivity index (χ0n) is 16.0. The van der Waals surface area contributed by atoms with E-state index in [9.17, 15) is 13.2 Å². The summed E-state index contributed by atoms with van der Waals surface area (Å²) in [6.07, 6.45) is 2.78. The molecule has 1 aliphatic carbocycles. The summed E-state index contributed by atoms with van der Waals surface area (Å²) < 4.78 is 30.9. The molecule has 2 fully saturated rings. The molecule has 28 heavy (non-hydrogen) atoms. The average molecular weight is 404 g/mol. The molecule has 1 aromatic carbocycles. The number of nitrogens with zero attached hydrogens (tertiary/aromatic N) is 3. The maximum absolute atomic E-state index is 12.7. The maximum Gasteiger partial charge on any atom is 0.251 e. The smallest absolute Gasteiger partial charge is 0.251 e. The van der Waals surface area contributed by atoms with Crippen LogP contribution in [0.15, 0.2) is 28.8 Å². The third-order valence-electron chi connectivity index (χ3n) is 5.14. The number of hydrogen-bond acceptors (Lipinski definition) is 6. The lowest BCUT2D eigenvalue weighted by Gasteiger charge is -2.19. The largest absolute Gasteiger partial charge is 0.340 e. The molecule has 2 heterocycles. The number of anilines is 1. The van der Waals surface area contributed by atoms with Gasteiger partial charge in [-0.15, -0.1) is 0 Å². The third-order valence-corrected chi connectivity index (χ3v) is 7.01. The van der Waals surface area contributed by atoms with Crippen molar-refractivity contribution in [3.63, 3.8) is 0 Å². The number of nitrogens with one attached hydrogen (secondary N) is 1. The summed E-state index contributed by atoms with van der Waals surface area (Å²) in [5.74, 6) is 1.50. The molecule has 4 rings (SSSR count). The topological polar surface area (TPSA) is 105 Å². The van der Waals surface area contributed by atoms with Crippen LogP contribution in [0.3, 0.4) is 0 Å². The highest BCUT2D eigenvalue weighted by atomic mass is 32.2. The van der Waals surface area contributed by atoms with Gasteiger partial charge in [0.1, 0.15) is 6.04 Å². The normalized spacial score (nSPS) is 19.8. The van der Waals surface area contributed by atoms with Gasteiger partial charge in [0.05, 0.1) is 11.4 Å². The Bertz CT molecular complexity index is 964. The van der Waals surface area contributed by atoms with Crippen molar-refractivity contribution in [2.45, 2.75) is 45.1 Å². The molecule has 0 bridgehead atoms. The summed E-state index contributed by atoms with van der Waals surface area (Å²) in [7, 11) is -3.23. The quantitative estimate of drug-likeness (QED) is 0.793. The van der Waals surface area contributed by atoms with Crippen LogP contribution < -0.4 is 9.62 Å². The molecule has 1 amide bonds. The Balaban J connectivity index is 1.48. The van der Waals surface area contributed by atoms with Crippen LogP contribution in [0.1, 0.15) is 67.1 Å². The van der Waals surface area contributed by atoms with Crippen LogP contribution in [0.4, 0.5) is 5.69 Å². The standard InChI is InChI=1S/C19H24N4O4S/c1-12(2)16(19-21-17(22-27-19)13-4-5-13)20-18(24)14-6-8-15(9-7-14)23-10-3-11-28(23,25)26/h6-9,12-13,16H,3-5,10-11H2,1-2H3,(H,20,24). The summed E-state index contributed by atoms with van der Waals surface area (Å²) in [6.45, 7) is 4.43. The fourth-order valence-electron chi connectivity index (χ4n) is 3.33. The second-order valence-corrected chi connectivity index (χ2v) is 9.76. The monoisotopic (exact) mass is 404 g/mol. The molecule has 1 aliphatic heterocycles. The Labute approximate surface area is 164 Å². The summed E-state index contributed by atoms with van der Waals surface area (Å²) in [4.78, 5) is 17.2. The van der Waals surface area contributed by atoms with E-state index in [4.69, 9.17) is 4.52 Å². The number of benzene rings is 1. The van der Waals surface area contributed by atoms with Crippen molar-refractivity contribution in [1.82, 2.24) is 15.5 Å². The Morgan fingerprint density at radius 3 is 2.54 bits per heavy atom. The predicted octanol–water partition coefficient (Wildman–Crippen LogP) is 2.61. The average Bonchev–Trinajstić information content (AvgIpc) is 3.29. The zero-order chi connectivity index (χ0) is 19.9. The number of carbonyl (C=O) groups is 1. The van der Waals surface area contributed by atoms with Gasteiger partial charge in [0.2, 0.25) is 15.9 Å². The molecule has 0 spiro atoms. The first kappa shape index (κ1) is 18.9. The van der Waals surface area contributed by atoms with Crippen molar-refractivity contribution in [3.8, 4) is 0 Å². The van der Waals surface area contributed by atoms with Gasteiger partial charge >= 0.3 is 0 Å². The number of rotatable bonds is 6. The minimum atomic E-state index is -3.23. The molecule has 1 atom stereocenters. The minimum absolute atomic E-state index is 0.0745. The summed E-state index contributed by atoms with van der Waals surface area (Å²) in [5, 5.41) is 6.99. The molecule has 1 N–H and O–H groups in total. The molecule has 150 valence electrons. The van der Waals surface area contributed by atoms with Crippen LogP contribution >= 0.6 is 0 Å². The Hall–Kier alpha value is -2.42.